The maximum atomic E-state index is 12.5. The Morgan fingerprint density at radius 1 is 1.04 bits per heavy atom. The van der Waals surface area contributed by atoms with Crippen molar-refractivity contribution in [3.05, 3.63) is 29.8 Å². The molecule has 0 bridgehead atoms. The molecule has 0 radical (unpaired) electrons. The summed E-state index contributed by atoms with van der Waals surface area (Å²) in [7, 11) is 0. The second kappa shape index (κ2) is 9.06. The van der Waals surface area contributed by atoms with E-state index in [-0.39, 0.29) is 6.03 Å². The molecule has 1 aromatic rings. The van der Waals surface area contributed by atoms with Crippen LogP contribution in [0.4, 0.5) is 10.5 Å². The molecule has 26 heavy (non-hydrogen) atoms. The molecule has 0 saturated carbocycles. The van der Waals surface area contributed by atoms with Gasteiger partial charge in [0.15, 0.2) is 0 Å². The summed E-state index contributed by atoms with van der Waals surface area (Å²) < 4.78 is 0. The molecule has 1 aromatic carbocycles. The second-order valence-electron chi connectivity index (χ2n) is 7.56. The first kappa shape index (κ1) is 18.7. The van der Waals surface area contributed by atoms with E-state index < -0.39 is 0 Å². The van der Waals surface area contributed by atoms with Crippen LogP contribution in [0, 0.1) is 5.92 Å². The van der Waals surface area contributed by atoms with Crippen molar-refractivity contribution in [2.24, 2.45) is 5.92 Å². The van der Waals surface area contributed by atoms with Gasteiger partial charge in [0.25, 0.3) is 0 Å². The molecule has 1 N–H and O–H groups in total. The Morgan fingerprint density at radius 2 is 1.77 bits per heavy atom. The molecular weight excluding hydrogens is 326 g/mol. The normalized spacial score (nSPS) is 18.7. The molecule has 2 saturated heterocycles. The number of rotatable bonds is 4. The van der Waals surface area contributed by atoms with Gasteiger partial charge >= 0.3 is 6.03 Å². The van der Waals surface area contributed by atoms with E-state index in [9.17, 15) is 9.59 Å². The second-order valence-corrected chi connectivity index (χ2v) is 7.56. The van der Waals surface area contributed by atoms with E-state index in [1.54, 1.807) is 0 Å². The van der Waals surface area contributed by atoms with Crippen LogP contribution in [0.1, 0.15) is 51.0 Å². The number of nitrogens with zero attached hydrogens (tertiary/aromatic N) is 2. The van der Waals surface area contributed by atoms with E-state index in [0.29, 0.717) is 18.2 Å². The number of carbonyl (C=O) groups excluding carboxylic acids is 2. The van der Waals surface area contributed by atoms with Gasteiger partial charge in [-0.25, -0.2) is 4.79 Å². The van der Waals surface area contributed by atoms with Crippen molar-refractivity contribution in [3.63, 3.8) is 0 Å². The summed E-state index contributed by atoms with van der Waals surface area (Å²) in [5, 5.41) is 3.01. The molecule has 142 valence electrons. The molecule has 3 rings (SSSR count). The Kier molecular flexibility index (Phi) is 6.53. The number of aryl methyl sites for hydroxylation is 1. The standard InChI is InChI=1S/C21H31N3O2/c1-2-17-7-6-8-19(15-17)22-21(26)24-13-9-18(10-14-24)16-20(25)23-11-4-3-5-12-23/h6-8,15,18H,2-5,9-14,16H2,1H3,(H,22,26). The average Bonchev–Trinajstić information content (AvgIpc) is 2.69. The molecule has 2 aliphatic heterocycles. The minimum atomic E-state index is -0.0286. The first-order valence-electron chi connectivity index (χ1n) is 10.1. The largest absolute Gasteiger partial charge is 0.343 e. The first-order valence-corrected chi connectivity index (χ1v) is 10.1. The molecule has 0 spiro atoms. The Bertz CT molecular complexity index is 617. The van der Waals surface area contributed by atoms with Crippen molar-refractivity contribution in [2.45, 2.75) is 51.9 Å². The lowest BCUT2D eigenvalue weighted by Gasteiger charge is -2.33. The number of anilines is 1. The van der Waals surface area contributed by atoms with Gasteiger partial charge in [-0.15, -0.1) is 0 Å². The number of carbonyl (C=O) groups is 2. The van der Waals surface area contributed by atoms with Crippen LogP contribution in [0.15, 0.2) is 24.3 Å². The monoisotopic (exact) mass is 357 g/mol. The van der Waals surface area contributed by atoms with Crippen molar-refractivity contribution >= 4 is 17.6 Å². The van der Waals surface area contributed by atoms with Gasteiger partial charge in [0.2, 0.25) is 5.91 Å². The van der Waals surface area contributed by atoms with Crippen LogP contribution in [0.2, 0.25) is 0 Å². The summed E-state index contributed by atoms with van der Waals surface area (Å²) >= 11 is 0. The minimum Gasteiger partial charge on any atom is -0.343 e. The minimum absolute atomic E-state index is 0.0286. The molecule has 2 heterocycles. The fourth-order valence-electron chi connectivity index (χ4n) is 3.93. The van der Waals surface area contributed by atoms with Crippen molar-refractivity contribution in [1.82, 2.24) is 9.80 Å². The van der Waals surface area contributed by atoms with Gasteiger partial charge < -0.3 is 15.1 Å². The topological polar surface area (TPSA) is 52.7 Å². The summed E-state index contributed by atoms with van der Waals surface area (Å²) in [6.45, 7) is 5.43. The summed E-state index contributed by atoms with van der Waals surface area (Å²) in [4.78, 5) is 28.8. The fraction of sp³-hybridized carbons (Fsp3) is 0.619. The van der Waals surface area contributed by atoms with Gasteiger partial charge in [0.1, 0.15) is 0 Å². The fourth-order valence-corrected chi connectivity index (χ4v) is 3.93. The maximum Gasteiger partial charge on any atom is 0.321 e. The smallest absolute Gasteiger partial charge is 0.321 e. The number of amides is 3. The van der Waals surface area contributed by atoms with Crippen LogP contribution in [-0.4, -0.2) is 47.9 Å². The molecule has 0 aromatic heterocycles. The first-order chi connectivity index (χ1) is 12.7. The molecule has 0 unspecified atom stereocenters. The quantitative estimate of drug-likeness (QED) is 0.889. The number of urea groups is 1. The third-order valence-electron chi connectivity index (χ3n) is 5.66. The molecule has 2 fully saturated rings. The van der Waals surface area contributed by atoms with E-state index in [1.165, 1.54) is 12.0 Å². The maximum absolute atomic E-state index is 12.5. The van der Waals surface area contributed by atoms with Gasteiger partial charge in [0.05, 0.1) is 0 Å². The highest BCUT2D eigenvalue weighted by molar-refractivity contribution is 5.89. The molecule has 0 aliphatic carbocycles. The number of likely N-dealkylation sites (tertiary alicyclic amines) is 2. The van der Waals surface area contributed by atoms with E-state index in [1.807, 2.05) is 28.0 Å². The van der Waals surface area contributed by atoms with Gasteiger partial charge in [-0.3, -0.25) is 4.79 Å². The average molecular weight is 357 g/mol. The van der Waals surface area contributed by atoms with Crippen molar-refractivity contribution < 1.29 is 9.59 Å². The highest BCUT2D eigenvalue weighted by Crippen LogP contribution is 2.23. The van der Waals surface area contributed by atoms with E-state index >= 15 is 0 Å². The zero-order chi connectivity index (χ0) is 18.4. The van der Waals surface area contributed by atoms with Crippen LogP contribution in [0.25, 0.3) is 0 Å². The Labute approximate surface area is 156 Å². The number of piperidine rings is 2. The van der Waals surface area contributed by atoms with E-state index in [4.69, 9.17) is 0 Å². The Morgan fingerprint density at radius 3 is 2.46 bits per heavy atom. The summed E-state index contributed by atoms with van der Waals surface area (Å²) in [6.07, 6.45) is 6.98. The van der Waals surface area contributed by atoms with Crippen LogP contribution in [-0.2, 0) is 11.2 Å². The number of nitrogens with one attached hydrogen (secondary N) is 1. The van der Waals surface area contributed by atoms with E-state index in [0.717, 1.165) is 64.0 Å². The SMILES string of the molecule is CCc1cccc(NC(=O)N2CCC(CC(=O)N3CCCCC3)CC2)c1. The zero-order valence-corrected chi connectivity index (χ0v) is 15.9. The lowest BCUT2D eigenvalue weighted by Crippen LogP contribution is -2.42. The Balaban J connectivity index is 1.44. The molecule has 5 heteroatoms. The molecule has 5 nitrogen and oxygen atoms in total. The van der Waals surface area contributed by atoms with E-state index in [2.05, 4.69) is 18.3 Å². The lowest BCUT2D eigenvalue weighted by atomic mass is 9.93. The molecule has 2 aliphatic rings. The van der Waals surface area contributed by atoms with Crippen molar-refractivity contribution in [1.29, 1.82) is 0 Å². The lowest BCUT2D eigenvalue weighted by molar-refractivity contribution is -0.133. The third kappa shape index (κ3) is 4.99. The highest BCUT2D eigenvalue weighted by Gasteiger charge is 2.26. The number of benzene rings is 1. The summed E-state index contributed by atoms with van der Waals surface area (Å²) in [5.74, 6) is 0.723. The van der Waals surface area contributed by atoms with Gasteiger partial charge in [0, 0.05) is 38.3 Å². The van der Waals surface area contributed by atoms with Crippen LogP contribution < -0.4 is 5.32 Å². The highest BCUT2D eigenvalue weighted by atomic mass is 16.2. The van der Waals surface area contributed by atoms with Crippen LogP contribution in [0.5, 0.6) is 0 Å². The number of hydrogen-bond acceptors (Lipinski definition) is 2. The van der Waals surface area contributed by atoms with Crippen molar-refractivity contribution in [2.75, 3.05) is 31.5 Å². The number of hydrogen-bond donors (Lipinski definition) is 1. The predicted octanol–water partition coefficient (Wildman–Crippen LogP) is 3.90. The van der Waals surface area contributed by atoms with Crippen LogP contribution in [0.3, 0.4) is 0 Å². The van der Waals surface area contributed by atoms with Gasteiger partial charge in [-0.2, -0.15) is 0 Å². The predicted molar refractivity (Wildman–Crippen MR) is 104 cm³/mol. The Hall–Kier alpha value is -2.04. The molecule has 3 amide bonds. The summed E-state index contributed by atoms with van der Waals surface area (Å²) in [5.41, 5.74) is 2.08. The zero-order valence-electron chi connectivity index (χ0n) is 15.9. The van der Waals surface area contributed by atoms with Gasteiger partial charge in [-0.05, 0) is 62.1 Å². The summed E-state index contributed by atoms with van der Waals surface area (Å²) in [6, 6.07) is 7.98. The molecular formula is C21H31N3O2. The van der Waals surface area contributed by atoms with Crippen molar-refractivity contribution in [3.8, 4) is 0 Å². The van der Waals surface area contributed by atoms with Crippen LogP contribution >= 0.6 is 0 Å². The molecule has 0 atom stereocenters. The third-order valence-corrected chi connectivity index (χ3v) is 5.66. The van der Waals surface area contributed by atoms with Gasteiger partial charge in [-0.1, -0.05) is 19.1 Å².